The molecule has 4 heterocycles. The van der Waals surface area contributed by atoms with Gasteiger partial charge in [0, 0.05) is 74.4 Å². The van der Waals surface area contributed by atoms with Gasteiger partial charge in [0.1, 0.15) is 11.6 Å². The molecule has 3 aliphatic rings. The zero-order valence-electron chi connectivity index (χ0n) is 26.0. The molecule has 246 valence electrons. The number of nitrogens with zero attached hydrogens (tertiary/aromatic N) is 5. The van der Waals surface area contributed by atoms with Crippen LogP contribution in [0.25, 0.3) is 0 Å². The van der Waals surface area contributed by atoms with Crippen LogP contribution in [0, 0.1) is 11.6 Å². The number of urea groups is 1. The van der Waals surface area contributed by atoms with Crippen molar-refractivity contribution in [2.75, 3.05) is 69.7 Å². The molecule has 2 aromatic carbocycles. The first-order valence-corrected chi connectivity index (χ1v) is 16.6. The number of ether oxygens (including phenoxy) is 1. The van der Waals surface area contributed by atoms with Crippen LogP contribution < -0.4 is 10.2 Å². The number of carbonyl (C=O) groups is 2. The smallest absolute Gasteiger partial charge is 0.322 e. The summed E-state index contributed by atoms with van der Waals surface area (Å²) in [6.07, 6.45) is -0.144. The normalized spacial score (nSPS) is 18.9. The quantitative estimate of drug-likeness (QED) is 0.371. The van der Waals surface area contributed by atoms with E-state index in [1.165, 1.54) is 0 Å². The third-order valence-corrected chi connectivity index (χ3v) is 10.9. The van der Waals surface area contributed by atoms with Gasteiger partial charge in [-0.3, -0.25) is 9.89 Å². The van der Waals surface area contributed by atoms with Crippen molar-refractivity contribution in [3.8, 4) is 0 Å². The molecule has 3 aromatic rings. The highest BCUT2D eigenvalue weighted by Crippen LogP contribution is 2.43. The molecule has 0 saturated carbocycles. The molecule has 12 nitrogen and oxygen atoms in total. The lowest BCUT2D eigenvalue weighted by Crippen LogP contribution is -2.44. The summed E-state index contributed by atoms with van der Waals surface area (Å²) in [5.41, 5.74) is 1.77. The molecule has 2 fully saturated rings. The van der Waals surface area contributed by atoms with Gasteiger partial charge in [0.15, 0.2) is 5.78 Å². The molecule has 3 aliphatic heterocycles. The second kappa shape index (κ2) is 12.4. The van der Waals surface area contributed by atoms with Crippen LogP contribution in [0.3, 0.4) is 0 Å². The average Bonchev–Trinajstić information content (AvgIpc) is 3.55. The number of halogens is 2. The summed E-state index contributed by atoms with van der Waals surface area (Å²) >= 11 is 0. The van der Waals surface area contributed by atoms with E-state index in [1.54, 1.807) is 24.8 Å². The standard InChI is InChI=1S/C31H37F2N7O5S/c1-31(2)29-25(19-40(31)46(43,44)23-15-20(32)14-21(33)16-23)27(35-36-29)18-28(41)24-5-4-22(38-8-6-37(3)7-9-38)17-26(24)34-30(42)39-10-12-45-13-11-39/h4-5,14-17H,6-13,18-19H2,1-3H3,(H,34,42)(H,35,36). The van der Waals surface area contributed by atoms with Crippen molar-refractivity contribution < 1.29 is 31.5 Å². The van der Waals surface area contributed by atoms with Crippen LogP contribution in [-0.2, 0) is 33.3 Å². The largest absolute Gasteiger partial charge is 0.378 e. The van der Waals surface area contributed by atoms with Gasteiger partial charge in [-0.2, -0.15) is 9.40 Å². The first-order valence-electron chi connectivity index (χ1n) is 15.1. The van der Waals surface area contributed by atoms with Gasteiger partial charge >= 0.3 is 6.03 Å². The molecule has 2 amide bonds. The minimum absolute atomic E-state index is 0.144. The number of benzene rings is 2. The predicted molar refractivity (Wildman–Crippen MR) is 166 cm³/mol. The summed E-state index contributed by atoms with van der Waals surface area (Å²) in [5.74, 6) is -2.31. The Hall–Kier alpha value is -3.92. The summed E-state index contributed by atoms with van der Waals surface area (Å²) < 4.78 is 61.5. The van der Waals surface area contributed by atoms with E-state index in [0.29, 0.717) is 60.6 Å². The van der Waals surface area contributed by atoms with Gasteiger partial charge in [-0.25, -0.2) is 22.0 Å². The Morgan fingerprint density at radius 1 is 1.00 bits per heavy atom. The van der Waals surface area contributed by atoms with Gasteiger partial charge in [0.25, 0.3) is 0 Å². The van der Waals surface area contributed by atoms with Gasteiger partial charge in [0.05, 0.1) is 41.5 Å². The molecule has 0 aliphatic carbocycles. The number of H-pyrrole nitrogens is 1. The summed E-state index contributed by atoms with van der Waals surface area (Å²) in [7, 11) is -2.26. The molecular weight excluding hydrogens is 620 g/mol. The van der Waals surface area contributed by atoms with E-state index < -0.39 is 32.1 Å². The molecule has 0 radical (unpaired) electrons. The predicted octanol–water partition coefficient (Wildman–Crippen LogP) is 3.17. The SMILES string of the molecule is CN1CCN(c2ccc(C(=O)Cc3[nH]nc4c3CN(S(=O)(=O)c3cc(F)cc(F)c3)C4(C)C)c(NC(=O)N3CCOCC3)c2)CC1. The highest BCUT2D eigenvalue weighted by Gasteiger charge is 2.48. The highest BCUT2D eigenvalue weighted by molar-refractivity contribution is 7.89. The number of hydrogen-bond acceptors (Lipinski definition) is 8. The monoisotopic (exact) mass is 657 g/mol. The number of rotatable bonds is 7. The summed E-state index contributed by atoms with van der Waals surface area (Å²) in [6, 6.07) is 7.24. The van der Waals surface area contributed by atoms with E-state index in [9.17, 15) is 26.8 Å². The number of piperazine rings is 1. The Kier molecular flexibility index (Phi) is 8.61. The van der Waals surface area contributed by atoms with Crippen molar-refractivity contribution in [1.29, 1.82) is 0 Å². The third kappa shape index (κ3) is 6.11. The van der Waals surface area contributed by atoms with E-state index in [-0.39, 0.29) is 24.8 Å². The van der Waals surface area contributed by atoms with Crippen LogP contribution in [-0.4, -0.2) is 104 Å². The number of nitrogens with one attached hydrogen (secondary N) is 2. The summed E-state index contributed by atoms with van der Waals surface area (Å²) in [6.45, 7) is 8.27. The number of anilines is 2. The maximum absolute atomic E-state index is 14.0. The number of amides is 2. The van der Waals surface area contributed by atoms with Crippen LogP contribution in [0.4, 0.5) is 25.0 Å². The second-order valence-corrected chi connectivity index (χ2v) is 14.2. The van der Waals surface area contributed by atoms with Crippen molar-refractivity contribution >= 4 is 33.2 Å². The molecule has 0 atom stereocenters. The topological polar surface area (TPSA) is 131 Å². The lowest BCUT2D eigenvalue weighted by atomic mass is 9.98. The fraction of sp³-hybridized carbons (Fsp3) is 0.452. The molecule has 1 aromatic heterocycles. The number of morpholine rings is 1. The number of aromatic amines is 1. The highest BCUT2D eigenvalue weighted by atomic mass is 32.2. The number of likely N-dealkylation sites (N-methyl/N-ethyl adjacent to an activating group) is 1. The van der Waals surface area contributed by atoms with Gasteiger partial charge in [0.2, 0.25) is 10.0 Å². The fourth-order valence-electron chi connectivity index (χ4n) is 6.23. The second-order valence-electron chi connectivity index (χ2n) is 12.4. The van der Waals surface area contributed by atoms with Crippen molar-refractivity contribution in [3.63, 3.8) is 0 Å². The molecule has 0 bridgehead atoms. The van der Waals surface area contributed by atoms with Crippen LogP contribution >= 0.6 is 0 Å². The summed E-state index contributed by atoms with van der Waals surface area (Å²) in [4.78, 5) is 32.7. The van der Waals surface area contributed by atoms with Crippen molar-refractivity contribution in [1.82, 2.24) is 24.3 Å². The van der Waals surface area contributed by atoms with Crippen molar-refractivity contribution in [2.45, 2.75) is 37.2 Å². The number of sulfonamides is 1. The van der Waals surface area contributed by atoms with Gasteiger partial charge < -0.3 is 24.8 Å². The van der Waals surface area contributed by atoms with E-state index in [4.69, 9.17) is 4.74 Å². The van der Waals surface area contributed by atoms with E-state index in [1.807, 2.05) is 12.1 Å². The Balaban J connectivity index is 1.27. The Labute approximate surface area is 266 Å². The maximum atomic E-state index is 14.0. The number of fused-ring (bicyclic) bond motifs is 1. The minimum atomic E-state index is -4.33. The molecular formula is C31H37F2N7O5S. The molecule has 15 heteroatoms. The maximum Gasteiger partial charge on any atom is 0.322 e. The Bertz CT molecular complexity index is 1750. The number of hydrogen-bond donors (Lipinski definition) is 2. The zero-order valence-corrected chi connectivity index (χ0v) is 26.8. The minimum Gasteiger partial charge on any atom is -0.378 e. The molecule has 0 unspecified atom stereocenters. The first-order chi connectivity index (χ1) is 21.8. The number of aromatic nitrogens is 2. The Morgan fingerprint density at radius 2 is 1.67 bits per heavy atom. The van der Waals surface area contributed by atoms with Gasteiger partial charge in [-0.05, 0) is 51.2 Å². The molecule has 46 heavy (non-hydrogen) atoms. The molecule has 2 saturated heterocycles. The molecule has 6 rings (SSSR count). The fourth-order valence-corrected chi connectivity index (χ4v) is 7.99. The van der Waals surface area contributed by atoms with Gasteiger partial charge in [-0.15, -0.1) is 0 Å². The van der Waals surface area contributed by atoms with Crippen LogP contribution in [0.2, 0.25) is 0 Å². The zero-order chi connectivity index (χ0) is 32.8. The average molecular weight is 658 g/mol. The van der Waals surface area contributed by atoms with Crippen LogP contribution in [0.5, 0.6) is 0 Å². The molecule has 2 N–H and O–H groups in total. The molecule has 0 spiro atoms. The van der Waals surface area contributed by atoms with Gasteiger partial charge in [-0.1, -0.05) is 0 Å². The Morgan fingerprint density at radius 3 is 2.35 bits per heavy atom. The lowest BCUT2D eigenvalue weighted by Gasteiger charge is -2.34. The number of carbonyl (C=O) groups excluding carboxylic acids is 2. The lowest BCUT2D eigenvalue weighted by molar-refractivity contribution is 0.0564. The number of ketones is 1. The number of Topliss-reactive ketones (excluding diaryl/α,β-unsaturated/α-hetero) is 1. The van der Waals surface area contributed by atoms with Crippen LogP contribution in [0.15, 0.2) is 41.3 Å². The van der Waals surface area contributed by atoms with Crippen molar-refractivity contribution in [3.05, 3.63) is 70.5 Å². The van der Waals surface area contributed by atoms with Crippen molar-refractivity contribution in [2.24, 2.45) is 0 Å². The first kappa shape index (κ1) is 32.0. The van der Waals surface area contributed by atoms with E-state index >= 15 is 0 Å². The third-order valence-electron chi connectivity index (χ3n) is 8.93. The van der Waals surface area contributed by atoms with E-state index in [2.05, 4.69) is 32.4 Å². The van der Waals surface area contributed by atoms with Crippen LogP contribution in [0.1, 0.15) is 41.2 Å². The van der Waals surface area contributed by atoms with E-state index in [0.717, 1.165) is 48.3 Å². The summed E-state index contributed by atoms with van der Waals surface area (Å²) in [5, 5.41) is 10.2.